The highest BCUT2D eigenvalue weighted by Gasteiger charge is 2.08. The molecule has 0 amide bonds. The van der Waals surface area contributed by atoms with Gasteiger partial charge in [-0.1, -0.05) is 29.8 Å². The van der Waals surface area contributed by atoms with Crippen molar-refractivity contribution in [2.45, 2.75) is 18.4 Å². The lowest BCUT2D eigenvalue weighted by Crippen LogP contribution is -2.06. The second kappa shape index (κ2) is 9.18. The first-order valence-electron chi connectivity index (χ1n) is 8.62. The Bertz CT molecular complexity index is 963. The highest BCUT2D eigenvalue weighted by atomic mass is 32.2. The Morgan fingerprint density at radius 3 is 2.64 bits per heavy atom. The number of nitrogens with one attached hydrogen (secondary N) is 1. The Labute approximate surface area is 167 Å². The average molecular weight is 395 g/mol. The van der Waals surface area contributed by atoms with Crippen molar-refractivity contribution >= 4 is 35.3 Å². The molecule has 0 fully saturated rings. The number of carbonyl (C=O) groups excluding carboxylic acids is 1. The lowest BCUT2D eigenvalue weighted by molar-refractivity contribution is 0.0600. The summed E-state index contributed by atoms with van der Waals surface area (Å²) in [5.74, 6) is 2.11. The molecule has 0 aliphatic heterocycles. The molecule has 1 aromatic heterocycles. The number of nitrogen functional groups attached to an aromatic ring is 1. The van der Waals surface area contributed by atoms with E-state index in [1.54, 1.807) is 17.8 Å². The van der Waals surface area contributed by atoms with Crippen molar-refractivity contribution in [3.05, 3.63) is 71.0 Å². The predicted molar refractivity (Wildman–Crippen MR) is 111 cm³/mol. The molecule has 0 unspecified atom stereocenters. The minimum Gasteiger partial charge on any atom is -0.465 e. The third kappa shape index (κ3) is 5.43. The van der Waals surface area contributed by atoms with Crippen LogP contribution >= 0.6 is 11.8 Å². The molecule has 0 saturated carbocycles. The molecule has 3 aromatic rings. The summed E-state index contributed by atoms with van der Waals surface area (Å²) in [7, 11) is 1.37. The lowest BCUT2D eigenvalue weighted by atomic mass is 10.1. The van der Waals surface area contributed by atoms with Crippen molar-refractivity contribution < 1.29 is 9.53 Å². The van der Waals surface area contributed by atoms with Crippen molar-refractivity contribution in [2.24, 2.45) is 0 Å². The minimum atomic E-state index is -0.344. The maximum absolute atomic E-state index is 11.6. The standard InChI is InChI=1S/C20H21N5O2S/c1-13-6-8-16(9-7-13)22-20-24-17(23-19(21)25-20)12-28-11-14-4-3-5-15(10-14)18(26)27-2/h3-10H,11-12H2,1-2H3,(H3,21,22,23,24,25). The number of nitrogens with two attached hydrogens (primary N) is 1. The summed E-state index contributed by atoms with van der Waals surface area (Å²) in [5, 5.41) is 3.14. The van der Waals surface area contributed by atoms with Gasteiger partial charge >= 0.3 is 5.97 Å². The van der Waals surface area contributed by atoms with E-state index < -0.39 is 0 Å². The summed E-state index contributed by atoms with van der Waals surface area (Å²) >= 11 is 1.62. The maximum atomic E-state index is 11.6. The zero-order valence-electron chi connectivity index (χ0n) is 15.7. The summed E-state index contributed by atoms with van der Waals surface area (Å²) in [6.07, 6.45) is 0. The normalized spacial score (nSPS) is 10.5. The van der Waals surface area contributed by atoms with Gasteiger partial charge in [-0.3, -0.25) is 0 Å². The molecule has 3 rings (SSSR count). The second-order valence-corrected chi connectivity index (χ2v) is 7.09. The molecule has 0 spiro atoms. The number of aryl methyl sites for hydroxylation is 1. The molecular formula is C20H21N5O2S. The number of thioether (sulfide) groups is 1. The molecule has 0 atom stereocenters. The second-order valence-electron chi connectivity index (χ2n) is 6.11. The Morgan fingerprint density at radius 2 is 1.89 bits per heavy atom. The quantitative estimate of drug-likeness (QED) is 0.583. The first-order valence-corrected chi connectivity index (χ1v) is 9.78. The smallest absolute Gasteiger partial charge is 0.337 e. The summed E-state index contributed by atoms with van der Waals surface area (Å²) in [6, 6.07) is 15.3. The van der Waals surface area contributed by atoms with Crippen LogP contribution in [0.25, 0.3) is 0 Å². The number of hydrogen-bond acceptors (Lipinski definition) is 8. The molecule has 28 heavy (non-hydrogen) atoms. The number of rotatable bonds is 7. The number of anilines is 3. The summed E-state index contributed by atoms with van der Waals surface area (Å²) in [5.41, 5.74) is 9.44. The molecule has 0 bridgehead atoms. The molecule has 2 aromatic carbocycles. The van der Waals surface area contributed by atoms with Gasteiger partial charge < -0.3 is 15.8 Å². The first-order chi connectivity index (χ1) is 13.5. The van der Waals surface area contributed by atoms with Crippen LogP contribution in [-0.2, 0) is 16.2 Å². The van der Waals surface area contributed by atoms with E-state index in [9.17, 15) is 4.79 Å². The van der Waals surface area contributed by atoms with Crippen LogP contribution in [0.4, 0.5) is 17.6 Å². The molecule has 1 heterocycles. The van der Waals surface area contributed by atoms with Crippen molar-refractivity contribution in [1.82, 2.24) is 15.0 Å². The van der Waals surface area contributed by atoms with Crippen LogP contribution in [-0.4, -0.2) is 28.0 Å². The van der Waals surface area contributed by atoms with Crippen molar-refractivity contribution in [3.8, 4) is 0 Å². The van der Waals surface area contributed by atoms with Gasteiger partial charge in [0.05, 0.1) is 18.4 Å². The van der Waals surface area contributed by atoms with Crippen LogP contribution in [0, 0.1) is 6.92 Å². The first kappa shape index (κ1) is 19.6. The fourth-order valence-electron chi connectivity index (χ4n) is 2.49. The summed E-state index contributed by atoms with van der Waals surface area (Å²) < 4.78 is 4.75. The van der Waals surface area contributed by atoms with E-state index in [1.165, 1.54) is 12.7 Å². The van der Waals surface area contributed by atoms with Gasteiger partial charge in [0.1, 0.15) is 5.82 Å². The Hall–Kier alpha value is -3.13. The summed E-state index contributed by atoms with van der Waals surface area (Å²) in [6.45, 7) is 2.03. The molecular weight excluding hydrogens is 374 g/mol. The van der Waals surface area contributed by atoms with Crippen LogP contribution in [0.2, 0.25) is 0 Å². The molecule has 0 saturated heterocycles. The summed E-state index contributed by atoms with van der Waals surface area (Å²) in [4.78, 5) is 24.4. The zero-order chi connectivity index (χ0) is 19.9. The Balaban J connectivity index is 1.62. The topological polar surface area (TPSA) is 103 Å². The van der Waals surface area contributed by atoms with Gasteiger partial charge in [-0.05, 0) is 36.8 Å². The average Bonchev–Trinajstić information content (AvgIpc) is 2.69. The van der Waals surface area contributed by atoms with E-state index in [-0.39, 0.29) is 11.9 Å². The molecule has 3 N–H and O–H groups in total. The number of nitrogens with zero attached hydrogens (tertiary/aromatic N) is 3. The van der Waals surface area contributed by atoms with Gasteiger partial charge in [0.2, 0.25) is 11.9 Å². The third-order valence-electron chi connectivity index (χ3n) is 3.85. The van der Waals surface area contributed by atoms with Crippen molar-refractivity contribution in [1.29, 1.82) is 0 Å². The van der Waals surface area contributed by atoms with Crippen LogP contribution in [0.3, 0.4) is 0 Å². The number of hydrogen-bond donors (Lipinski definition) is 2. The molecule has 144 valence electrons. The fourth-order valence-corrected chi connectivity index (χ4v) is 3.32. The SMILES string of the molecule is COC(=O)c1cccc(CSCc2nc(N)nc(Nc3ccc(C)cc3)n2)c1. The highest BCUT2D eigenvalue weighted by molar-refractivity contribution is 7.97. The van der Waals surface area contributed by atoms with Gasteiger partial charge in [-0.25, -0.2) is 4.79 Å². The largest absolute Gasteiger partial charge is 0.465 e. The highest BCUT2D eigenvalue weighted by Crippen LogP contribution is 2.19. The Morgan fingerprint density at radius 1 is 1.11 bits per heavy atom. The fraction of sp³-hybridized carbons (Fsp3) is 0.200. The van der Waals surface area contributed by atoms with Gasteiger partial charge in [-0.2, -0.15) is 15.0 Å². The van der Waals surface area contributed by atoms with E-state index in [1.807, 2.05) is 49.4 Å². The van der Waals surface area contributed by atoms with Crippen molar-refractivity contribution in [2.75, 3.05) is 18.2 Å². The Kier molecular flexibility index (Phi) is 6.44. The molecule has 0 radical (unpaired) electrons. The maximum Gasteiger partial charge on any atom is 0.337 e. The van der Waals surface area contributed by atoms with Gasteiger partial charge in [0.15, 0.2) is 0 Å². The predicted octanol–water partition coefficient (Wildman–Crippen LogP) is 3.73. The van der Waals surface area contributed by atoms with Crippen LogP contribution in [0.15, 0.2) is 48.5 Å². The van der Waals surface area contributed by atoms with Crippen LogP contribution in [0.5, 0.6) is 0 Å². The van der Waals surface area contributed by atoms with Crippen molar-refractivity contribution in [3.63, 3.8) is 0 Å². The number of benzene rings is 2. The lowest BCUT2D eigenvalue weighted by Gasteiger charge is -2.08. The minimum absolute atomic E-state index is 0.174. The number of methoxy groups -OCH3 is 1. The van der Waals surface area contributed by atoms with Crippen LogP contribution in [0.1, 0.15) is 27.3 Å². The van der Waals surface area contributed by atoms with Gasteiger partial charge in [0, 0.05) is 11.4 Å². The zero-order valence-corrected chi connectivity index (χ0v) is 16.5. The monoisotopic (exact) mass is 395 g/mol. The molecule has 0 aliphatic rings. The number of aromatic nitrogens is 3. The molecule has 8 heteroatoms. The van der Waals surface area contributed by atoms with E-state index in [4.69, 9.17) is 10.5 Å². The number of carbonyl (C=O) groups is 1. The van der Waals surface area contributed by atoms with Crippen LogP contribution < -0.4 is 11.1 Å². The van der Waals surface area contributed by atoms with Gasteiger partial charge in [0.25, 0.3) is 0 Å². The third-order valence-corrected chi connectivity index (χ3v) is 4.85. The van der Waals surface area contributed by atoms with E-state index in [2.05, 4.69) is 20.3 Å². The molecule has 0 aliphatic carbocycles. The van der Waals surface area contributed by atoms with E-state index in [0.29, 0.717) is 28.8 Å². The van der Waals surface area contributed by atoms with E-state index in [0.717, 1.165) is 11.3 Å². The number of ether oxygens (including phenoxy) is 1. The van der Waals surface area contributed by atoms with E-state index >= 15 is 0 Å². The molecule has 7 nitrogen and oxygen atoms in total. The van der Waals surface area contributed by atoms with Gasteiger partial charge in [-0.15, -0.1) is 11.8 Å². The number of esters is 1.